The van der Waals surface area contributed by atoms with E-state index in [9.17, 15) is 4.79 Å². The summed E-state index contributed by atoms with van der Waals surface area (Å²) >= 11 is 6.08. The molecule has 5 nitrogen and oxygen atoms in total. The number of para-hydroxylation sites is 1. The minimum atomic E-state index is -0.506. The standard InChI is InChI=1S/C20H18ClN3O2/c1-26-17-8-3-2-7-15(17)16-12-18(24-23-16)22-19(25)20(9-10-20)13-5-4-6-14(21)11-13/h2-8,11-12H,9-10H2,1H3,(H2,22,23,24,25). The van der Waals surface area contributed by atoms with Crippen LogP contribution >= 0.6 is 11.6 Å². The van der Waals surface area contributed by atoms with E-state index in [2.05, 4.69) is 15.5 Å². The summed E-state index contributed by atoms with van der Waals surface area (Å²) in [6, 6.07) is 17.0. The summed E-state index contributed by atoms with van der Waals surface area (Å²) < 4.78 is 5.38. The van der Waals surface area contributed by atoms with Crippen LogP contribution in [0.25, 0.3) is 11.3 Å². The molecule has 2 aromatic carbocycles. The van der Waals surface area contributed by atoms with Crippen molar-refractivity contribution in [1.29, 1.82) is 0 Å². The van der Waals surface area contributed by atoms with Crippen LogP contribution in [0.2, 0.25) is 5.02 Å². The summed E-state index contributed by atoms with van der Waals surface area (Å²) in [5.74, 6) is 1.17. The number of H-pyrrole nitrogens is 1. The lowest BCUT2D eigenvalue weighted by atomic mass is 9.95. The molecule has 6 heteroatoms. The molecule has 4 rings (SSSR count). The zero-order valence-electron chi connectivity index (χ0n) is 14.3. The lowest BCUT2D eigenvalue weighted by Gasteiger charge is -2.14. The number of amides is 1. The molecule has 26 heavy (non-hydrogen) atoms. The maximum Gasteiger partial charge on any atom is 0.236 e. The molecule has 2 N–H and O–H groups in total. The van der Waals surface area contributed by atoms with E-state index in [1.165, 1.54) is 0 Å². The average molecular weight is 368 g/mol. The number of carbonyl (C=O) groups excluding carboxylic acids is 1. The van der Waals surface area contributed by atoms with E-state index < -0.39 is 5.41 Å². The number of ether oxygens (including phenoxy) is 1. The Hall–Kier alpha value is -2.79. The normalized spacial score (nSPS) is 14.7. The Morgan fingerprint density at radius 3 is 2.73 bits per heavy atom. The predicted octanol–water partition coefficient (Wildman–Crippen LogP) is 4.41. The zero-order valence-corrected chi connectivity index (χ0v) is 15.0. The fourth-order valence-corrected chi connectivity index (χ4v) is 3.38. The molecule has 1 aromatic heterocycles. The van der Waals surface area contributed by atoms with E-state index in [1.54, 1.807) is 7.11 Å². The van der Waals surface area contributed by atoms with E-state index in [4.69, 9.17) is 16.3 Å². The van der Waals surface area contributed by atoms with Crippen LogP contribution in [0.1, 0.15) is 18.4 Å². The van der Waals surface area contributed by atoms with Crippen LogP contribution < -0.4 is 10.1 Å². The molecule has 1 saturated carbocycles. The second-order valence-electron chi connectivity index (χ2n) is 6.41. The third-order valence-electron chi connectivity index (χ3n) is 4.78. The second-order valence-corrected chi connectivity index (χ2v) is 6.85. The van der Waals surface area contributed by atoms with Crippen LogP contribution in [0.15, 0.2) is 54.6 Å². The molecule has 3 aromatic rings. The summed E-state index contributed by atoms with van der Waals surface area (Å²) in [5.41, 5.74) is 2.11. The molecule has 1 aliphatic rings. The second kappa shape index (κ2) is 6.50. The minimum Gasteiger partial charge on any atom is -0.496 e. The fraction of sp³-hybridized carbons (Fsp3) is 0.200. The van der Waals surface area contributed by atoms with Crippen LogP contribution in [-0.2, 0) is 10.2 Å². The minimum absolute atomic E-state index is 0.0576. The highest BCUT2D eigenvalue weighted by Crippen LogP contribution is 2.49. The number of halogens is 1. The molecule has 0 radical (unpaired) electrons. The molecular weight excluding hydrogens is 350 g/mol. The van der Waals surface area contributed by atoms with Crippen molar-refractivity contribution in [3.63, 3.8) is 0 Å². The van der Waals surface area contributed by atoms with Gasteiger partial charge >= 0.3 is 0 Å². The topological polar surface area (TPSA) is 67.0 Å². The summed E-state index contributed by atoms with van der Waals surface area (Å²) in [5, 5.41) is 10.7. The van der Waals surface area contributed by atoms with Crippen LogP contribution in [0, 0.1) is 0 Å². The highest BCUT2D eigenvalue weighted by atomic mass is 35.5. The van der Waals surface area contributed by atoms with E-state index in [1.807, 2.05) is 54.6 Å². The van der Waals surface area contributed by atoms with Gasteiger partial charge in [0, 0.05) is 16.7 Å². The Kier molecular flexibility index (Phi) is 4.17. The molecule has 0 bridgehead atoms. The molecule has 132 valence electrons. The van der Waals surface area contributed by atoms with Crippen molar-refractivity contribution in [3.8, 4) is 17.0 Å². The molecule has 0 atom stereocenters. The lowest BCUT2D eigenvalue weighted by molar-refractivity contribution is -0.118. The van der Waals surface area contributed by atoms with Crippen molar-refractivity contribution in [2.24, 2.45) is 0 Å². The SMILES string of the molecule is COc1ccccc1-c1cc(NC(=O)C2(c3cccc(Cl)c3)CC2)n[nH]1. The molecule has 1 amide bonds. The smallest absolute Gasteiger partial charge is 0.236 e. The van der Waals surface area contributed by atoms with Gasteiger partial charge in [0.15, 0.2) is 5.82 Å². The number of nitrogens with one attached hydrogen (secondary N) is 2. The van der Waals surface area contributed by atoms with Gasteiger partial charge in [0.1, 0.15) is 5.75 Å². The molecule has 1 fully saturated rings. The van der Waals surface area contributed by atoms with Gasteiger partial charge in [-0.05, 0) is 42.7 Å². The molecule has 0 spiro atoms. The van der Waals surface area contributed by atoms with Gasteiger partial charge in [-0.1, -0.05) is 35.9 Å². The Labute approximate surface area is 156 Å². The van der Waals surface area contributed by atoms with Gasteiger partial charge in [0.2, 0.25) is 5.91 Å². The summed E-state index contributed by atoms with van der Waals surface area (Å²) in [7, 11) is 1.62. The first-order chi connectivity index (χ1) is 12.6. The number of aromatic amines is 1. The summed E-state index contributed by atoms with van der Waals surface area (Å²) in [6.45, 7) is 0. The van der Waals surface area contributed by atoms with E-state index in [0.717, 1.165) is 35.4 Å². The van der Waals surface area contributed by atoms with E-state index >= 15 is 0 Å². The van der Waals surface area contributed by atoms with Crippen LogP contribution in [0.4, 0.5) is 5.82 Å². The highest BCUT2D eigenvalue weighted by molar-refractivity contribution is 6.30. The van der Waals surface area contributed by atoms with Gasteiger partial charge in [0.25, 0.3) is 0 Å². The van der Waals surface area contributed by atoms with Gasteiger partial charge in [-0.15, -0.1) is 0 Å². The Bertz CT molecular complexity index is 963. The van der Waals surface area contributed by atoms with Crippen molar-refractivity contribution in [2.45, 2.75) is 18.3 Å². The number of hydrogen-bond donors (Lipinski definition) is 2. The molecule has 1 heterocycles. The number of aromatic nitrogens is 2. The number of methoxy groups -OCH3 is 1. The van der Waals surface area contributed by atoms with Crippen molar-refractivity contribution >= 4 is 23.3 Å². The van der Waals surface area contributed by atoms with Gasteiger partial charge in [-0.25, -0.2) is 0 Å². The van der Waals surface area contributed by atoms with E-state index in [0.29, 0.717) is 10.8 Å². The summed E-state index contributed by atoms with van der Waals surface area (Å²) in [6.07, 6.45) is 1.62. The number of benzene rings is 2. The van der Waals surface area contributed by atoms with Crippen LogP contribution in [-0.4, -0.2) is 23.2 Å². The number of carbonyl (C=O) groups is 1. The monoisotopic (exact) mass is 367 g/mol. The van der Waals surface area contributed by atoms with Crippen molar-refractivity contribution < 1.29 is 9.53 Å². The first kappa shape index (κ1) is 16.7. The first-order valence-corrected chi connectivity index (χ1v) is 8.76. The van der Waals surface area contributed by atoms with Gasteiger partial charge in [-0.2, -0.15) is 5.10 Å². The number of hydrogen-bond acceptors (Lipinski definition) is 3. The fourth-order valence-electron chi connectivity index (χ4n) is 3.18. The Morgan fingerprint density at radius 2 is 2.00 bits per heavy atom. The van der Waals surface area contributed by atoms with Crippen molar-refractivity contribution in [1.82, 2.24) is 10.2 Å². The average Bonchev–Trinajstić information content (AvgIpc) is 3.35. The van der Waals surface area contributed by atoms with Crippen molar-refractivity contribution in [2.75, 3.05) is 12.4 Å². The van der Waals surface area contributed by atoms with Crippen molar-refractivity contribution in [3.05, 3.63) is 65.2 Å². The lowest BCUT2D eigenvalue weighted by Crippen LogP contribution is -2.27. The Balaban J connectivity index is 1.55. The Morgan fingerprint density at radius 1 is 1.19 bits per heavy atom. The van der Waals surface area contributed by atoms with Gasteiger partial charge in [-0.3, -0.25) is 9.89 Å². The highest BCUT2D eigenvalue weighted by Gasteiger charge is 2.51. The molecule has 0 saturated heterocycles. The molecule has 0 aliphatic heterocycles. The largest absolute Gasteiger partial charge is 0.496 e. The predicted molar refractivity (Wildman–Crippen MR) is 102 cm³/mol. The molecule has 1 aliphatic carbocycles. The summed E-state index contributed by atoms with van der Waals surface area (Å²) in [4.78, 5) is 12.8. The molecule has 0 unspecified atom stereocenters. The van der Waals surface area contributed by atoms with Crippen LogP contribution in [0.5, 0.6) is 5.75 Å². The first-order valence-electron chi connectivity index (χ1n) is 8.39. The maximum atomic E-state index is 12.8. The van der Waals surface area contributed by atoms with Gasteiger partial charge in [0.05, 0.1) is 18.2 Å². The number of anilines is 1. The zero-order chi connectivity index (χ0) is 18.1. The third kappa shape index (κ3) is 2.95. The molecular formula is C20H18ClN3O2. The third-order valence-corrected chi connectivity index (χ3v) is 5.01. The maximum absolute atomic E-state index is 12.8. The van der Waals surface area contributed by atoms with Crippen LogP contribution in [0.3, 0.4) is 0 Å². The van der Waals surface area contributed by atoms with Gasteiger partial charge < -0.3 is 10.1 Å². The number of rotatable bonds is 5. The number of nitrogens with zero attached hydrogens (tertiary/aromatic N) is 1. The quantitative estimate of drug-likeness (QED) is 0.702. The van der Waals surface area contributed by atoms with E-state index in [-0.39, 0.29) is 5.91 Å².